The minimum Gasteiger partial charge on any atom is -0.507 e. The fraction of sp³-hybridized carbons (Fsp3) is 0.562. The van der Waals surface area contributed by atoms with Gasteiger partial charge in [-0.25, -0.2) is 0 Å². The molecule has 3 nitrogen and oxygen atoms in total. The molecule has 112 valence electrons. The number of carbonyl (C=O) groups excluding carboxylic acids is 1. The molecule has 4 heteroatoms. The highest BCUT2D eigenvalue weighted by atomic mass is 127. The molecular weight excluding hydrogens is 365 g/mol. The lowest BCUT2D eigenvalue weighted by Gasteiger charge is -2.32. The Kier molecular flexibility index (Phi) is 6.79. The molecule has 1 aromatic carbocycles. The molecule has 0 fully saturated rings. The second-order valence-corrected chi connectivity index (χ2v) is 6.73. The predicted octanol–water partition coefficient (Wildman–Crippen LogP) is 4.28. The molecule has 0 spiro atoms. The van der Waals surface area contributed by atoms with Crippen LogP contribution >= 0.6 is 22.6 Å². The van der Waals surface area contributed by atoms with Crippen molar-refractivity contribution < 1.29 is 9.90 Å². The summed E-state index contributed by atoms with van der Waals surface area (Å²) in [7, 11) is 0. The van der Waals surface area contributed by atoms with Gasteiger partial charge in [0, 0.05) is 16.2 Å². The molecule has 0 aromatic heterocycles. The van der Waals surface area contributed by atoms with Crippen molar-refractivity contribution in [3.8, 4) is 5.75 Å². The number of nitrogens with zero attached hydrogens (tertiary/aromatic N) is 1. The van der Waals surface area contributed by atoms with E-state index in [4.69, 9.17) is 0 Å². The summed E-state index contributed by atoms with van der Waals surface area (Å²) in [6.07, 6.45) is 1.86. The summed E-state index contributed by atoms with van der Waals surface area (Å²) in [5, 5.41) is 9.96. The van der Waals surface area contributed by atoms with Gasteiger partial charge in [0.2, 0.25) is 0 Å². The van der Waals surface area contributed by atoms with Crippen LogP contribution in [-0.2, 0) is 0 Å². The average Bonchev–Trinajstić information content (AvgIpc) is 2.40. The van der Waals surface area contributed by atoms with E-state index >= 15 is 0 Å². The Labute approximate surface area is 135 Å². The molecule has 0 aliphatic rings. The first-order valence-electron chi connectivity index (χ1n) is 7.20. The van der Waals surface area contributed by atoms with Crippen LogP contribution in [0.2, 0.25) is 0 Å². The van der Waals surface area contributed by atoms with E-state index in [0.29, 0.717) is 11.5 Å². The van der Waals surface area contributed by atoms with Crippen LogP contribution in [0.4, 0.5) is 0 Å². The van der Waals surface area contributed by atoms with E-state index in [0.717, 1.165) is 23.0 Å². The fourth-order valence-corrected chi connectivity index (χ4v) is 2.85. The number of carbonyl (C=O) groups is 1. The number of aromatic hydroxyl groups is 1. The van der Waals surface area contributed by atoms with Crippen LogP contribution in [0, 0.1) is 9.49 Å². The first-order chi connectivity index (χ1) is 9.40. The summed E-state index contributed by atoms with van der Waals surface area (Å²) in [5.41, 5.74) is 0.407. The zero-order chi connectivity index (χ0) is 15.3. The number of amides is 1. The summed E-state index contributed by atoms with van der Waals surface area (Å²) in [4.78, 5) is 14.7. The van der Waals surface area contributed by atoms with Crippen molar-refractivity contribution in [3.63, 3.8) is 0 Å². The van der Waals surface area contributed by atoms with Crippen molar-refractivity contribution in [1.82, 2.24) is 4.90 Å². The van der Waals surface area contributed by atoms with Gasteiger partial charge >= 0.3 is 0 Å². The maximum absolute atomic E-state index is 12.8. The summed E-state index contributed by atoms with van der Waals surface area (Å²) in [6, 6.07) is 5.38. The summed E-state index contributed by atoms with van der Waals surface area (Å²) in [6.45, 7) is 9.14. The molecule has 1 amide bonds. The van der Waals surface area contributed by atoms with Crippen LogP contribution in [0.25, 0.3) is 0 Å². The highest BCUT2D eigenvalue weighted by Crippen LogP contribution is 2.24. The quantitative estimate of drug-likeness (QED) is 0.738. The van der Waals surface area contributed by atoms with Crippen LogP contribution in [0.3, 0.4) is 0 Å². The van der Waals surface area contributed by atoms with Gasteiger partial charge in [-0.3, -0.25) is 4.79 Å². The zero-order valence-corrected chi connectivity index (χ0v) is 14.8. The summed E-state index contributed by atoms with van der Waals surface area (Å²) < 4.78 is 0.956. The van der Waals surface area contributed by atoms with E-state index in [-0.39, 0.29) is 17.7 Å². The molecule has 0 saturated heterocycles. The minimum atomic E-state index is -0.0663. The molecule has 20 heavy (non-hydrogen) atoms. The van der Waals surface area contributed by atoms with Gasteiger partial charge in [0.1, 0.15) is 5.75 Å². The number of phenols is 1. The number of hydrogen-bond acceptors (Lipinski definition) is 2. The molecule has 0 saturated carbocycles. The standard InChI is InChI=1S/C16H24INO2/c1-5-13(6-2)18(10-11(3)4)16(20)14-9-12(17)7-8-15(14)19/h7-9,11,13,19H,5-6,10H2,1-4H3. The van der Waals surface area contributed by atoms with Gasteiger partial charge in [0.05, 0.1) is 5.56 Å². The van der Waals surface area contributed by atoms with Gasteiger partial charge in [0.25, 0.3) is 5.91 Å². The lowest BCUT2D eigenvalue weighted by atomic mass is 10.0. The maximum Gasteiger partial charge on any atom is 0.257 e. The first-order valence-corrected chi connectivity index (χ1v) is 8.28. The van der Waals surface area contributed by atoms with Crippen molar-refractivity contribution in [1.29, 1.82) is 0 Å². The Bertz CT molecular complexity index is 456. The van der Waals surface area contributed by atoms with E-state index in [9.17, 15) is 9.90 Å². The average molecular weight is 389 g/mol. The molecule has 0 atom stereocenters. The van der Waals surface area contributed by atoms with Gasteiger partial charge in [-0.15, -0.1) is 0 Å². The molecule has 1 rings (SSSR count). The van der Waals surface area contributed by atoms with Gasteiger partial charge < -0.3 is 10.0 Å². The van der Waals surface area contributed by atoms with Crippen LogP contribution < -0.4 is 0 Å². The predicted molar refractivity (Wildman–Crippen MR) is 91.1 cm³/mol. The summed E-state index contributed by atoms with van der Waals surface area (Å²) >= 11 is 2.16. The normalized spacial score (nSPS) is 11.2. The Morgan fingerprint density at radius 2 is 1.90 bits per heavy atom. The van der Waals surface area contributed by atoms with Gasteiger partial charge in [-0.1, -0.05) is 27.7 Å². The minimum absolute atomic E-state index is 0.0649. The monoisotopic (exact) mass is 389 g/mol. The van der Waals surface area contributed by atoms with Crippen molar-refractivity contribution in [2.75, 3.05) is 6.54 Å². The van der Waals surface area contributed by atoms with Crippen molar-refractivity contribution >= 4 is 28.5 Å². The molecule has 1 aromatic rings. The zero-order valence-electron chi connectivity index (χ0n) is 12.7. The maximum atomic E-state index is 12.8. The second kappa shape index (κ2) is 7.86. The smallest absolute Gasteiger partial charge is 0.257 e. The second-order valence-electron chi connectivity index (χ2n) is 5.48. The van der Waals surface area contributed by atoms with Crippen molar-refractivity contribution in [2.24, 2.45) is 5.92 Å². The number of hydrogen-bond donors (Lipinski definition) is 1. The number of benzene rings is 1. The van der Waals surface area contributed by atoms with E-state index in [2.05, 4.69) is 50.3 Å². The Morgan fingerprint density at radius 3 is 2.40 bits per heavy atom. The topological polar surface area (TPSA) is 40.5 Å². The molecular formula is C16H24INO2. The lowest BCUT2D eigenvalue weighted by Crippen LogP contribution is -2.42. The highest BCUT2D eigenvalue weighted by Gasteiger charge is 2.25. The fourth-order valence-electron chi connectivity index (χ4n) is 2.35. The largest absolute Gasteiger partial charge is 0.507 e. The first kappa shape index (κ1) is 17.3. The lowest BCUT2D eigenvalue weighted by molar-refractivity contribution is 0.0637. The van der Waals surface area contributed by atoms with Gasteiger partial charge in [-0.2, -0.15) is 0 Å². The van der Waals surface area contributed by atoms with Crippen LogP contribution in [0.5, 0.6) is 5.75 Å². The Hall–Kier alpha value is -0.780. The molecule has 1 N–H and O–H groups in total. The molecule has 0 bridgehead atoms. The van der Waals surface area contributed by atoms with E-state index in [1.165, 1.54) is 0 Å². The molecule has 0 aliphatic carbocycles. The van der Waals surface area contributed by atoms with Crippen LogP contribution in [-0.4, -0.2) is 28.5 Å². The Morgan fingerprint density at radius 1 is 1.30 bits per heavy atom. The van der Waals surface area contributed by atoms with Crippen LogP contribution in [0.1, 0.15) is 50.9 Å². The molecule has 0 aliphatic heterocycles. The highest BCUT2D eigenvalue weighted by molar-refractivity contribution is 14.1. The number of halogens is 1. The molecule has 0 heterocycles. The third-order valence-electron chi connectivity index (χ3n) is 3.39. The van der Waals surface area contributed by atoms with Crippen LogP contribution in [0.15, 0.2) is 18.2 Å². The van der Waals surface area contributed by atoms with E-state index in [1.54, 1.807) is 18.2 Å². The number of rotatable bonds is 6. The third kappa shape index (κ3) is 4.36. The number of phenolic OH excluding ortho intramolecular Hbond substituents is 1. The molecule has 0 unspecified atom stereocenters. The van der Waals surface area contributed by atoms with Gasteiger partial charge in [0.15, 0.2) is 0 Å². The van der Waals surface area contributed by atoms with E-state index < -0.39 is 0 Å². The molecule has 0 radical (unpaired) electrons. The van der Waals surface area contributed by atoms with E-state index in [1.807, 2.05) is 4.90 Å². The Balaban J connectivity index is 3.12. The third-order valence-corrected chi connectivity index (χ3v) is 4.07. The van der Waals surface area contributed by atoms with Gasteiger partial charge in [-0.05, 0) is 59.5 Å². The van der Waals surface area contributed by atoms with Crippen molar-refractivity contribution in [2.45, 2.75) is 46.6 Å². The summed E-state index contributed by atoms with van der Waals surface area (Å²) in [5.74, 6) is 0.406. The van der Waals surface area contributed by atoms with Crippen molar-refractivity contribution in [3.05, 3.63) is 27.3 Å². The SMILES string of the molecule is CCC(CC)N(CC(C)C)C(=O)c1cc(I)ccc1O.